The Kier molecular flexibility index (Phi) is 6.78. The van der Waals surface area contributed by atoms with Gasteiger partial charge < -0.3 is 14.8 Å². The Hall–Kier alpha value is -3.87. The number of amides is 1. The molecule has 148 valence electrons. The molecule has 0 aromatic heterocycles. The maximum absolute atomic E-state index is 12.3. The van der Waals surface area contributed by atoms with Crippen molar-refractivity contribution in [1.29, 1.82) is 0 Å². The van der Waals surface area contributed by atoms with Gasteiger partial charge in [0.05, 0.1) is 17.2 Å². The van der Waals surface area contributed by atoms with Crippen molar-refractivity contribution in [2.45, 2.75) is 12.8 Å². The average Bonchev–Trinajstić information content (AvgIpc) is 2.73. The Bertz CT molecular complexity index is 976. The van der Waals surface area contributed by atoms with Crippen molar-refractivity contribution < 1.29 is 19.2 Å². The number of hydrogen-bond acceptors (Lipinski definition) is 5. The average molecular weight is 392 g/mol. The summed E-state index contributed by atoms with van der Waals surface area (Å²) in [4.78, 5) is 22.8. The second-order valence-electron chi connectivity index (χ2n) is 6.14. The lowest BCUT2D eigenvalue weighted by Crippen LogP contribution is -2.13. The minimum absolute atomic E-state index is 0.0936. The number of anilines is 1. The molecule has 7 nitrogen and oxygen atoms in total. The highest BCUT2D eigenvalue weighted by Crippen LogP contribution is 2.29. The van der Waals surface area contributed by atoms with E-state index in [1.807, 2.05) is 42.5 Å². The lowest BCUT2D eigenvalue weighted by molar-refractivity contribution is -0.385. The van der Waals surface area contributed by atoms with Crippen molar-refractivity contribution in [2.24, 2.45) is 0 Å². The Morgan fingerprint density at radius 1 is 0.897 bits per heavy atom. The first-order chi connectivity index (χ1) is 14.1. The molecule has 3 aromatic rings. The predicted molar refractivity (Wildman–Crippen MR) is 109 cm³/mol. The van der Waals surface area contributed by atoms with Gasteiger partial charge in [0.25, 0.3) is 0 Å². The zero-order valence-electron chi connectivity index (χ0n) is 15.6. The Morgan fingerprint density at radius 2 is 1.55 bits per heavy atom. The van der Waals surface area contributed by atoms with E-state index in [9.17, 15) is 14.9 Å². The topological polar surface area (TPSA) is 90.7 Å². The van der Waals surface area contributed by atoms with Gasteiger partial charge in [-0.3, -0.25) is 14.9 Å². The first kappa shape index (κ1) is 19.9. The first-order valence-corrected chi connectivity index (χ1v) is 9.11. The number of hydrogen-bond donors (Lipinski definition) is 1. The number of nitro benzene ring substituents is 1. The molecule has 3 rings (SSSR count). The molecule has 7 heteroatoms. The van der Waals surface area contributed by atoms with Gasteiger partial charge in [-0.2, -0.15) is 0 Å². The van der Waals surface area contributed by atoms with E-state index >= 15 is 0 Å². The fourth-order valence-electron chi connectivity index (χ4n) is 2.63. The fourth-order valence-corrected chi connectivity index (χ4v) is 2.63. The number of nitrogens with zero attached hydrogens (tertiary/aromatic N) is 1. The van der Waals surface area contributed by atoms with Gasteiger partial charge in [0.15, 0.2) is 11.5 Å². The van der Waals surface area contributed by atoms with Crippen LogP contribution in [0.2, 0.25) is 0 Å². The van der Waals surface area contributed by atoms with Crippen LogP contribution in [0.5, 0.6) is 17.2 Å². The van der Waals surface area contributed by atoms with Crippen molar-refractivity contribution in [2.75, 3.05) is 11.9 Å². The maximum Gasteiger partial charge on any atom is 0.310 e. The van der Waals surface area contributed by atoms with Crippen LogP contribution in [0.1, 0.15) is 12.8 Å². The Balaban J connectivity index is 1.51. The summed E-state index contributed by atoms with van der Waals surface area (Å²) in [6.45, 7) is 0.195. The largest absolute Gasteiger partial charge is 0.487 e. The van der Waals surface area contributed by atoms with Crippen molar-refractivity contribution in [1.82, 2.24) is 0 Å². The van der Waals surface area contributed by atoms with Crippen LogP contribution in [0.3, 0.4) is 0 Å². The number of ether oxygens (including phenoxy) is 2. The molecule has 29 heavy (non-hydrogen) atoms. The molecule has 0 saturated heterocycles. The van der Waals surface area contributed by atoms with Crippen LogP contribution in [0.4, 0.5) is 11.4 Å². The summed E-state index contributed by atoms with van der Waals surface area (Å²) in [5, 5.41) is 13.8. The summed E-state index contributed by atoms with van der Waals surface area (Å²) in [6.07, 6.45) is 0.625. The zero-order valence-corrected chi connectivity index (χ0v) is 15.6. The molecule has 0 fully saturated rings. The highest BCUT2D eigenvalue weighted by atomic mass is 16.6. The van der Waals surface area contributed by atoms with Gasteiger partial charge in [-0.15, -0.1) is 0 Å². The summed E-state index contributed by atoms with van der Waals surface area (Å²) in [7, 11) is 0. The van der Waals surface area contributed by atoms with Crippen molar-refractivity contribution in [3.05, 3.63) is 89.0 Å². The standard InChI is InChI=1S/C22H20N2O5/c25-22(15-8-16-28-21-14-7-5-12-19(21)24(26)27)23-18-11-4-6-13-20(18)29-17-9-2-1-3-10-17/h1-7,9-14H,8,15-16H2,(H,23,25). The van der Waals surface area contributed by atoms with Gasteiger partial charge in [0.2, 0.25) is 5.91 Å². The third kappa shape index (κ3) is 5.80. The maximum atomic E-state index is 12.3. The van der Waals surface area contributed by atoms with Crippen LogP contribution < -0.4 is 14.8 Å². The number of carbonyl (C=O) groups excluding carboxylic acids is 1. The minimum atomic E-state index is -0.494. The molecule has 0 aliphatic rings. The number of benzene rings is 3. The Labute approximate surface area is 168 Å². The Morgan fingerprint density at radius 3 is 2.31 bits per heavy atom. The number of nitrogens with one attached hydrogen (secondary N) is 1. The molecule has 1 amide bonds. The molecule has 0 unspecified atom stereocenters. The molecule has 3 aromatic carbocycles. The molecule has 0 aliphatic carbocycles. The number of carbonyl (C=O) groups is 1. The number of para-hydroxylation sites is 5. The van der Waals surface area contributed by atoms with E-state index in [0.717, 1.165) is 0 Å². The molecule has 0 radical (unpaired) electrons. The quantitative estimate of drug-likeness (QED) is 0.308. The zero-order chi connectivity index (χ0) is 20.5. The van der Waals surface area contributed by atoms with Crippen molar-refractivity contribution in [3.8, 4) is 17.2 Å². The van der Waals surface area contributed by atoms with Crippen molar-refractivity contribution in [3.63, 3.8) is 0 Å². The van der Waals surface area contributed by atoms with E-state index in [1.54, 1.807) is 24.3 Å². The van der Waals surface area contributed by atoms with Crippen LogP contribution in [-0.4, -0.2) is 17.4 Å². The van der Waals surface area contributed by atoms with E-state index in [2.05, 4.69) is 5.32 Å². The summed E-state index contributed by atoms with van der Waals surface area (Å²) < 4.78 is 11.3. The second-order valence-corrected chi connectivity index (χ2v) is 6.14. The monoisotopic (exact) mass is 392 g/mol. The molecular weight excluding hydrogens is 372 g/mol. The summed E-state index contributed by atoms with van der Waals surface area (Å²) in [5.74, 6) is 1.22. The normalized spacial score (nSPS) is 10.2. The van der Waals surface area contributed by atoms with Gasteiger partial charge in [-0.1, -0.05) is 42.5 Å². The lowest BCUT2D eigenvalue weighted by Gasteiger charge is -2.12. The van der Waals surface area contributed by atoms with Crippen LogP contribution in [0, 0.1) is 10.1 Å². The van der Waals surface area contributed by atoms with Crippen LogP contribution >= 0.6 is 0 Å². The number of nitro groups is 1. The predicted octanol–water partition coefficient (Wildman–Crippen LogP) is 5.18. The summed E-state index contributed by atoms with van der Waals surface area (Å²) >= 11 is 0. The van der Waals surface area contributed by atoms with Crippen LogP contribution in [0.25, 0.3) is 0 Å². The highest BCUT2D eigenvalue weighted by Gasteiger charge is 2.14. The molecule has 0 aliphatic heterocycles. The van der Waals surface area contributed by atoms with E-state index in [0.29, 0.717) is 23.6 Å². The SMILES string of the molecule is O=C(CCCOc1ccccc1[N+](=O)[O-])Nc1ccccc1Oc1ccccc1. The molecule has 1 N–H and O–H groups in total. The van der Waals surface area contributed by atoms with E-state index in [-0.39, 0.29) is 30.4 Å². The van der Waals surface area contributed by atoms with E-state index < -0.39 is 4.92 Å². The third-order valence-corrected chi connectivity index (χ3v) is 4.00. The van der Waals surface area contributed by atoms with Gasteiger partial charge in [0, 0.05) is 12.5 Å². The molecule has 0 saturated carbocycles. The summed E-state index contributed by atoms with van der Waals surface area (Å²) in [5.41, 5.74) is 0.477. The molecule has 0 atom stereocenters. The van der Waals surface area contributed by atoms with Gasteiger partial charge in [-0.25, -0.2) is 0 Å². The molecular formula is C22H20N2O5. The van der Waals surface area contributed by atoms with E-state index in [4.69, 9.17) is 9.47 Å². The van der Waals surface area contributed by atoms with Gasteiger partial charge in [0.1, 0.15) is 5.75 Å². The fraction of sp³-hybridized carbons (Fsp3) is 0.136. The number of rotatable bonds is 9. The minimum Gasteiger partial charge on any atom is -0.487 e. The van der Waals surface area contributed by atoms with Crippen molar-refractivity contribution >= 4 is 17.3 Å². The third-order valence-electron chi connectivity index (χ3n) is 4.00. The van der Waals surface area contributed by atoms with E-state index in [1.165, 1.54) is 12.1 Å². The van der Waals surface area contributed by atoms with Crippen LogP contribution in [0.15, 0.2) is 78.9 Å². The lowest BCUT2D eigenvalue weighted by atomic mass is 10.2. The van der Waals surface area contributed by atoms with Crippen LogP contribution in [-0.2, 0) is 4.79 Å². The highest BCUT2D eigenvalue weighted by molar-refractivity contribution is 5.92. The second kappa shape index (κ2) is 9.89. The summed E-state index contributed by atoms with van der Waals surface area (Å²) in [6, 6.07) is 22.6. The molecule has 0 bridgehead atoms. The first-order valence-electron chi connectivity index (χ1n) is 9.11. The van der Waals surface area contributed by atoms with Gasteiger partial charge in [-0.05, 0) is 36.8 Å². The smallest absolute Gasteiger partial charge is 0.310 e. The molecule has 0 spiro atoms. The molecule has 0 heterocycles. The van der Waals surface area contributed by atoms with Gasteiger partial charge >= 0.3 is 5.69 Å².